The van der Waals surface area contributed by atoms with E-state index in [1.807, 2.05) is 0 Å². The molecule has 1 aliphatic rings. The van der Waals surface area contributed by atoms with Crippen LogP contribution in [-0.4, -0.2) is 24.4 Å². The minimum Gasteiger partial charge on any atom is -0.367 e. The lowest BCUT2D eigenvalue weighted by molar-refractivity contribution is 0.495. The standard InChI is InChI=1S/C5H10N2S/c1-7-4-8-3-5(7)2-6/h3H,2,4,6H2,1H3. The highest BCUT2D eigenvalue weighted by molar-refractivity contribution is 8.02. The van der Waals surface area contributed by atoms with E-state index in [0.29, 0.717) is 6.54 Å². The maximum absolute atomic E-state index is 5.40. The first kappa shape index (κ1) is 5.98. The van der Waals surface area contributed by atoms with Gasteiger partial charge in [0.25, 0.3) is 0 Å². The van der Waals surface area contributed by atoms with Crippen LogP contribution in [0.3, 0.4) is 0 Å². The van der Waals surface area contributed by atoms with Crippen molar-refractivity contribution in [1.29, 1.82) is 0 Å². The summed E-state index contributed by atoms with van der Waals surface area (Å²) in [6, 6.07) is 0. The summed E-state index contributed by atoms with van der Waals surface area (Å²) in [5, 5.41) is 2.11. The molecule has 3 heteroatoms. The summed E-state index contributed by atoms with van der Waals surface area (Å²) in [7, 11) is 2.05. The van der Waals surface area contributed by atoms with Crippen LogP contribution in [-0.2, 0) is 0 Å². The van der Waals surface area contributed by atoms with Crippen molar-refractivity contribution in [2.45, 2.75) is 0 Å². The monoisotopic (exact) mass is 130 g/mol. The number of likely N-dealkylation sites (N-methyl/N-ethyl adjacent to an activating group) is 1. The molecule has 2 nitrogen and oxygen atoms in total. The molecule has 0 saturated carbocycles. The lowest BCUT2D eigenvalue weighted by Crippen LogP contribution is -2.18. The lowest BCUT2D eigenvalue weighted by Gasteiger charge is -2.11. The third kappa shape index (κ3) is 0.980. The number of nitrogens with zero attached hydrogens (tertiary/aromatic N) is 1. The Morgan fingerprint density at radius 3 is 3.00 bits per heavy atom. The molecule has 1 heterocycles. The predicted molar refractivity (Wildman–Crippen MR) is 37.4 cm³/mol. The first-order valence-corrected chi connectivity index (χ1v) is 3.61. The molecule has 0 aromatic rings. The van der Waals surface area contributed by atoms with Crippen molar-refractivity contribution in [3.63, 3.8) is 0 Å². The number of hydrogen-bond donors (Lipinski definition) is 1. The second kappa shape index (κ2) is 2.42. The lowest BCUT2D eigenvalue weighted by atomic mass is 10.5. The highest BCUT2D eigenvalue weighted by Gasteiger charge is 2.07. The molecule has 0 atom stereocenters. The van der Waals surface area contributed by atoms with Crippen molar-refractivity contribution in [3.8, 4) is 0 Å². The average molecular weight is 130 g/mol. The highest BCUT2D eigenvalue weighted by atomic mass is 32.2. The molecule has 2 N–H and O–H groups in total. The van der Waals surface area contributed by atoms with Crippen molar-refractivity contribution in [3.05, 3.63) is 11.1 Å². The molecule has 0 bridgehead atoms. The minimum atomic E-state index is 0.670. The first-order valence-electron chi connectivity index (χ1n) is 2.56. The van der Waals surface area contributed by atoms with E-state index in [0.717, 1.165) is 5.88 Å². The number of thioether (sulfide) groups is 1. The van der Waals surface area contributed by atoms with Crippen LogP contribution in [0.4, 0.5) is 0 Å². The van der Waals surface area contributed by atoms with Crippen molar-refractivity contribution in [2.75, 3.05) is 19.5 Å². The first-order chi connectivity index (χ1) is 3.84. The van der Waals surface area contributed by atoms with Crippen molar-refractivity contribution < 1.29 is 0 Å². The maximum Gasteiger partial charge on any atom is 0.0674 e. The van der Waals surface area contributed by atoms with E-state index in [4.69, 9.17) is 5.73 Å². The van der Waals surface area contributed by atoms with Crippen LogP contribution >= 0.6 is 11.8 Å². The minimum absolute atomic E-state index is 0.670. The van der Waals surface area contributed by atoms with Crippen molar-refractivity contribution in [2.24, 2.45) is 5.73 Å². The van der Waals surface area contributed by atoms with Gasteiger partial charge in [0, 0.05) is 19.3 Å². The van der Waals surface area contributed by atoms with E-state index in [2.05, 4.69) is 17.4 Å². The summed E-state index contributed by atoms with van der Waals surface area (Å²) in [5.74, 6) is 1.06. The molecule has 0 aromatic carbocycles. The van der Waals surface area contributed by atoms with Crippen LogP contribution in [0, 0.1) is 0 Å². The van der Waals surface area contributed by atoms with Crippen molar-refractivity contribution in [1.82, 2.24) is 4.90 Å². The second-order valence-electron chi connectivity index (χ2n) is 1.81. The zero-order valence-corrected chi connectivity index (χ0v) is 5.74. The summed E-state index contributed by atoms with van der Waals surface area (Å²) in [6.07, 6.45) is 0. The Labute approximate surface area is 53.7 Å². The zero-order valence-electron chi connectivity index (χ0n) is 4.92. The molecule has 1 aliphatic heterocycles. The second-order valence-corrected chi connectivity index (χ2v) is 2.63. The Kier molecular flexibility index (Phi) is 1.81. The van der Waals surface area contributed by atoms with Crippen LogP contribution in [0.25, 0.3) is 0 Å². The van der Waals surface area contributed by atoms with E-state index >= 15 is 0 Å². The third-order valence-electron chi connectivity index (χ3n) is 1.19. The summed E-state index contributed by atoms with van der Waals surface area (Å²) < 4.78 is 0. The number of hydrogen-bond acceptors (Lipinski definition) is 3. The fourth-order valence-corrected chi connectivity index (χ4v) is 1.55. The third-order valence-corrected chi connectivity index (χ3v) is 2.16. The molecule has 8 heavy (non-hydrogen) atoms. The molecule has 0 saturated heterocycles. The summed E-state index contributed by atoms with van der Waals surface area (Å²) in [6.45, 7) is 0.670. The van der Waals surface area contributed by atoms with Crippen LogP contribution in [0.1, 0.15) is 0 Å². The van der Waals surface area contributed by atoms with Gasteiger partial charge in [-0.3, -0.25) is 0 Å². The van der Waals surface area contributed by atoms with Crippen molar-refractivity contribution >= 4 is 11.8 Å². The molecule has 0 radical (unpaired) electrons. The quantitative estimate of drug-likeness (QED) is 0.558. The molecule has 0 aliphatic carbocycles. The van der Waals surface area contributed by atoms with Gasteiger partial charge in [-0.1, -0.05) is 0 Å². The highest BCUT2D eigenvalue weighted by Crippen LogP contribution is 2.19. The van der Waals surface area contributed by atoms with Gasteiger partial charge in [0.15, 0.2) is 0 Å². The van der Waals surface area contributed by atoms with Crippen LogP contribution in [0.2, 0.25) is 0 Å². The Morgan fingerprint density at radius 2 is 2.75 bits per heavy atom. The molecule has 0 fully saturated rings. The molecule has 0 unspecified atom stereocenters. The van der Waals surface area contributed by atoms with Gasteiger partial charge in [0.05, 0.1) is 5.88 Å². The fraction of sp³-hybridized carbons (Fsp3) is 0.600. The molecule has 46 valence electrons. The van der Waals surface area contributed by atoms with Gasteiger partial charge in [-0.15, -0.1) is 11.8 Å². The normalized spacial score (nSPS) is 19.2. The molecule has 1 rings (SSSR count). The summed E-state index contributed by atoms with van der Waals surface area (Å²) >= 11 is 1.80. The zero-order chi connectivity index (χ0) is 5.98. The Hall–Kier alpha value is -0.150. The van der Waals surface area contributed by atoms with Gasteiger partial charge < -0.3 is 10.6 Å². The molecule has 0 aromatic heterocycles. The van der Waals surface area contributed by atoms with E-state index in [1.165, 1.54) is 5.70 Å². The van der Waals surface area contributed by atoms with Gasteiger partial charge in [-0.25, -0.2) is 0 Å². The van der Waals surface area contributed by atoms with Gasteiger partial charge in [0.1, 0.15) is 0 Å². The topological polar surface area (TPSA) is 29.3 Å². The molecule has 0 amide bonds. The van der Waals surface area contributed by atoms with Crippen LogP contribution < -0.4 is 5.73 Å². The summed E-state index contributed by atoms with van der Waals surface area (Å²) in [4.78, 5) is 2.16. The predicted octanol–water partition coefficient (Wildman–Crippen LogP) is 0.423. The van der Waals surface area contributed by atoms with E-state index < -0.39 is 0 Å². The summed E-state index contributed by atoms with van der Waals surface area (Å²) in [5.41, 5.74) is 6.65. The fourth-order valence-electron chi connectivity index (χ4n) is 0.622. The Balaban J connectivity index is 2.49. The largest absolute Gasteiger partial charge is 0.367 e. The maximum atomic E-state index is 5.40. The van der Waals surface area contributed by atoms with Crippen LogP contribution in [0.15, 0.2) is 11.1 Å². The molecular weight excluding hydrogens is 120 g/mol. The number of nitrogens with two attached hydrogens (primary N) is 1. The van der Waals surface area contributed by atoms with E-state index in [-0.39, 0.29) is 0 Å². The Morgan fingerprint density at radius 1 is 2.00 bits per heavy atom. The smallest absolute Gasteiger partial charge is 0.0674 e. The number of rotatable bonds is 1. The Bertz CT molecular complexity index is 111. The van der Waals surface area contributed by atoms with E-state index in [1.54, 1.807) is 11.8 Å². The average Bonchev–Trinajstić information content (AvgIpc) is 2.14. The van der Waals surface area contributed by atoms with Crippen LogP contribution in [0.5, 0.6) is 0 Å². The molecule has 0 spiro atoms. The van der Waals surface area contributed by atoms with E-state index in [9.17, 15) is 0 Å². The van der Waals surface area contributed by atoms with Gasteiger partial charge in [0.2, 0.25) is 0 Å². The van der Waals surface area contributed by atoms with Gasteiger partial charge >= 0.3 is 0 Å². The van der Waals surface area contributed by atoms with Gasteiger partial charge in [-0.2, -0.15) is 0 Å². The van der Waals surface area contributed by atoms with Gasteiger partial charge in [-0.05, 0) is 5.41 Å². The molecular formula is C5H10N2S. The SMILES string of the molecule is CN1CSC=C1CN.